The third kappa shape index (κ3) is 4.22. The summed E-state index contributed by atoms with van der Waals surface area (Å²) in [5, 5.41) is 11.8. The summed E-state index contributed by atoms with van der Waals surface area (Å²) in [6, 6.07) is 24.2. The van der Waals surface area contributed by atoms with Crippen molar-refractivity contribution in [2.75, 3.05) is 19.8 Å². The number of benzene rings is 3. The maximum Gasteiger partial charge on any atom is 0.407 e. The van der Waals surface area contributed by atoms with E-state index in [1.54, 1.807) is 0 Å². The molecule has 2 N–H and O–H groups in total. The van der Waals surface area contributed by atoms with E-state index in [4.69, 9.17) is 9.84 Å². The summed E-state index contributed by atoms with van der Waals surface area (Å²) in [6.45, 7) is 0.563. The molecule has 0 fully saturated rings. The molecule has 0 aromatic heterocycles. The molecule has 3 aromatic rings. The van der Waals surface area contributed by atoms with E-state index in [2.05, 4.69) is 41.4 Å². The fourth-order valence-electron chi connectivity index (χ4n) is 3.89. The van der Waals surface area contributed by atoms with E-state index >= 15 is 0 Å². The highest BCUT2D eigenvalue weighted by atomic mass is 16.5. The number of aliphatic hydroxyl groups excluding tert-OH is 1. The molecular weight excluding hydrogens is 374 g/mol. The van der Waals surface area contributed by atoms with Gasteiger partial charge in [0.1, 0.15) is 6.61 Å². The molecule has 0 bridgehead atoms. The van der Waals surface area contributed by atoms with Crippen molar-refractivity contribution in [2.45, 2.75) is 12.3 Å². The summed E-state index contributed by atoms with van der Waals surface area (Å²) < 4.78 is 5.50. The van der Waals surface area contributed by atoms with E-state index in [-0.39, 0.29) is 25.7 Å². The number of hydrogen-bond donors (Lipinski definition) is 2. The van der Waals surface area contributed by atoms with Gasteiger partial charge in [-0.05, 0) is 40.3 Å². The monoisotopic (exact) mass is 397 g/mol. The quantitative estimate of drug-likeness (QED) is 0.637. The molecule has 0 saturated heterocycles. The first-order chi connectivity index (χ1) is 14.8. The van der Waals surface area contributed by atoms with Gasteiger partial charge in [0.2, 0.25) is 0 Å². The molecule has 0 radical (unpaired) electrons. The van der Waals surface area contributed by atoms with E-state index < -0.39 is 6.09 Å². The maximum atomic E-state index is 12.2. The minimum atomic E-state index is -0.477. The number of amides is 1. The number of nitrogens with one attached hydrogen (secondary N) is 1. The topological polar surface area (TPSA) is 58.6 Å². The van der Waals surface area contributed by atoms with Gasteiger partial charge in [-0.25, -0.2) is 4.79 Å². The molecule has 0 atom stereocenters. The molecular formula is C26H23NO3. The van der Waals surface area contributed by atoms with Crippen molar-refractivity contribution in [2.24, 2.45) is 0 Å². The number of fused-ring (bicyclic) bond motifs is 3. The molecule has 0 spiro atoms. The molecule has 3 aromatic carbocycles. The second kappa shape index (κ2) is 9.30. The predicted octanol–water partition coefficient (Wildman–Crippen LogP) is 4.11. The Morgan fingerprint density at radius 2 is 1.57 bits per heavy atom. The molecule has 4 nitrogen and oxygen atoms in total. The SMILES string of the molecule is O=C(NCC#Cc1ccccc1CCO)OCC1c2ccccc2-c2ccccc21. The molecule has 150 valence electrons. The Hall–Kier alpha value is -3.55. The third-order valence-electron chi connectivity index (χ3n) is 5.29. The zero-order valence-electron chi connectivity index (χ0n) is 16.6. The summed E-state index contributed by atoms with van der Waals surface area (Å²) >= 11 is 0. The number of rotatable bonds is 5. The lowest BCUT2D eigenvalue weighted by atomic mass is 9.98. The van der Waals surface area contributed by atoms with E-state index in [1.165, 1.54) is 22.3 Å². The van der Waals surface area contributed by atoms with Crippen LogP contribution in [0.25, 0.3) is 11.1 Å². The average Bonchev–Trinajstić information content (AvgIpc) is 3.10. The number of carbonyl (C=O) groups is 1. The zero-order valence-corrected chi connectivity index (χ0v) is 16.6. The van der Waals surface area contributed by atoms with Crippen LogP contribution in [0.1, 0.15) is 28.2 Å². The van der Waals surface area contributed by atoms with Crippen LogP contribution in [0, 0.1) is 11.8 Å². The number of aliphatic hydroxyl groups is 1. The highest BCUT2D eigenvalue weighted by Gasteiger charge is 2.28. The predicted molar refractivity (Wildman–Crippen MR) is 117 cm³/mol. The molecule has 0 heterocycles. The first kappa shape index (κ1) is 19.8. The van der Waals surface area contributed by atoms with Gasteiger partial charge in [-0.3, -0.25) is 0 Å². The highest BCUT2D eigenvalue weighted by Crippen LogP contribution is 2.44. The standard InChI is InChI=1S/C26H23NO3/c28-17-15-20-9-2-1-8-19(20)10-7-16-27-26(29)30-18-25-23-13-5-3-11-21(23)22-12-4-6-14-24(22)25/h1-6,8-9,11-14,25,28H,15-18H2,(H,27,29). The summed E-state index contributed by atoms with van der Waals surface area (Å²) in [6.07, 6.45) is 0.0831. The summed E-state index contributed by atoms with van der Waals surface area (Å²) in [7, 11) is 0. The fraction of sp³-hybridized carbons (Fsp3) is 0.192. The summed E-state index contributed by atoms with van der Waals surface area (Å²) in [5.74, 6) is 6.03. The van der Waals surface area contributed by atoms with Gasteiger partial charge in [0.15, 0.2) is 0 Å². The van der Waals surface area contributed by atoms with Crippen LogP contribution in [-0.4, -0.2) is 31.0 Å². The van der Waals surface area contributed by atoms with E-state index in [1.807, 2.05) is 48.5 Å². The molecule has 4 heteroatoms. The van der Waals surface area contributed by atoms with Crippen molar-refractivity contribution >= 4 is 6.09 Å². The lowest BCUT2D eigenvalue weighted by Gasteiger charge is -2.14. The van der Waals surface area contributed by atoms with E-state index in [9.17, 15) is 4.79 Å². The van der Waals surface area contributed by atoms with Crippen molar-refractivity contribution in [1.82, 2.24) is 5.32 Å². The minimum absolute atomic E-state index is 0.0413. The molecule has 1 amide bonds. The van der Waals surface area contributed by atoms with Crippen LogP contribution in [-0.2, 0) is 11.2 Å². The van der Waals surface area contributed by atoms with E-state index in [0.29, 0.717) is 6.42 Å². The molecule has 0 unspecified atom stereocenters. The Labute approximate surface area is 176 Å². The van der Waals surface area contributed by atoms with Crippen molar-refractivity contribution in [3.8, 4) is 23.0 Å². The Morgan fingerprint density at radius 3 is 2.27 bits per heavy atom. The minimum Gasteiger partial charge on any atom is -0.449 e. The lowest BCUT2D eigenvalue weighted by Crippen LogP contribution is -2.26. The van der Waals surface area contributed by atoms with Crippen molar-refractivity contribution in [3.63, 3.8) is 0 Å². The molecule has 0 saturated carbocycles. The van der Waals surface area contributed by atoms with Crippen LogP contribution in [0.5, 0.6) is 0 Å². The molecule has 30 heavy (non-hydrogen) atoms. The Kier molecular flexibility index (Phi) is 6.12. The van der Waals surface area contributed by atoms with Gasteiger partial charge in [0.25, 0.3) is 0 Å². The van der Waals surface area contributed by atoms with Gasteiger partial charge in [0.05, 0.1) is 6.54 Å². The maximum absolute atomic E-state index is 12.2. The Bertz CT molecular complexity index is 1060. The number of alkyl carbamates (subject to hydrolysis) is 1. The Balaban J connectivity index is 1.35. The van der Waals surface area contributed by atoms with Gasteiger partial charge >= 0.3 is 6.09 Å². The molecule has 4 rings (SSSR count). The lowest BCUT2D eigenvalue weighted by molar-refractivity contribution is 0.144. The first-order valence-corrected chi connectivity index (χ1v) is 10.0. The number of hydrogen-bond acceptors (Lipinski definition) is 3. The first-order valence-electron chi connectivity index (χ1n) is 10.0. The largest absolute Gasteiger partial charge is 0.449 e. The second-order valence-corrected chi connectivity index (χ2v) is 7.11. The van der Waals surface area contributed by atoms with Crippen molar-refractivity contribution < 1.29 is 14.6 Å². The van der Waals surface area contributed by atoms with Gasteiger partial charge in [-0.2, -0.15) is 0 Å². The fourth-order valence-corrected chi connectivity index (χ4v) is 3.89. The van der Waals surface area contributed by atoms with Crippen LogP contribution < -0.4 is 5.32 Å². The zero-order chi connectivity index (χ0) is 20.8. The summed E-state index contributed by atoms with van der Waals surface area (Å²) in [4.78, 5) is 12.2. The van der Waals surface area contributed by atoms with Crippen molar-refractivity contribution in [3.05, 3.63) is 95.1 Å². The van der Waals surface area contributed by atoms with Crippen LogP contribution in [0.15, 0.2) is 72.8 Å². The van der Waals surface area contributed by atoms with Crippen LogP contribution in [0.3, 0.4) is 0 Å². The van der Waals surface area contributed by atoms with Crippen LogP contribution in [0.2, 0.25) is 0 Å². The van der Waals surface area contributed by atoms with Gasteiger partial charge in [0, 0.05) is 18.1 Å². The van der Waals surface area contributed by atoms with E-state index in [0.717, 1.165) is 11.1 Å². The Morgan fingerprint density at radius 1 is 0.933 bits per heavy atom. The number of carbonyl (C=O) groups excluding carboxylic acids is 1. The summed E-state index contributed by atoms with van der Waals surface area (Å²) in [5.41, 5.74) is 6.64. The van der Waals surface area contributed by atoms with Gasteiger partial charge < -0.3 is 15.2 Å². The van der Waals surface area contributed by atoms with Crippen molar-refractivity contribution in [1.29, 1.82) is 0 Å². The van der Waals surface area contributed by atoms with Gasteiger partial charge in [-0.1, -0.05) is 78.6 Å². The third-order valence-corrected chi connectivity index (χ3v) is 5.29. The average molecular weight is 397 g/mol. The highest BCUT2D eigenvalue weighted by molar-refractivity contribution is 5.79. The molecule has 0 aliphatic heterocycles. The van der Waals surface area contributed by atoms with Crippen LogP contribution >= 0.6 is 0 Å². The smallest absolute Gasteiger partial charge is 0.407 e. The van der Waals surface area contributed by atoms with Gasteiger partial charge in [-0.15, -0.1) is 0 Å². The normalized spacial score (nSPS) is 11.8. The molecule has 1 aliphatic rings. The molecule has 1 aliphatic carbocycles. The second-order valence-electron chi connectivity index (χ2n) is 7.11. The van der Waals surface area contributed by atoms with Crippen LogP contribution in [0.4, 0.5) is 4.79 Å². The number of ether oxygens (including phenoxy) is 1.